The molecule has 2 aromatic heterocycles. The number of hydrogen-bond donors (Lipinski definition) is 0. The summed E-state index contributed by atoms with van der Waals surface area (Å²) in [5, 5.41) is 0.955. The Labute approximate surface area is 133 Å². The second-order valence-electron chi connectivity index (χ2n) is 5.44. The van der Waals surface area contributed by atoms with Gasteiger partial charge in [-0.2, -0.15) is 0 Å². The first-order chi connectivity index (χ1) is 11.3. The largest absolute Gasteiger partial charge is 0.457 e. The molecule has 0 radical (unpaired) electrons. The zero-order chi connectivity index (χ0) is 15.6. The molecule has 0 atom stereocenters. The van der Waals surface area contributed by atoms with Crippen LogP contribution in [-0.4, -0.2) is 26.6 Å². The van der Waals surface area contributed by atoms with Crippen molar-refractivity contribution in [3.05, 3.63) is 66.6 Å². The van der Waals surface area contributed by atoms with Gasteiger partial charge in [0.1, 0.15) is 11.8 Å². The van der Waals surface area contributed by atoms with Crippen molar-refractivity contribution in [2.45, 2.75) is 18.9 Å². The maximum Gasteiger partial charge on any atom is 0.355 e. The molecule has 0 bridgehead atoms. The SMILES string of the molecule is O=C(OC1CC=CC1)c1cc2ccccc2n1-c1ncccn1. The zero-order valence-corrected chi connectivity index (χ0v) is 12.4. The molecule has 1 aliphatic carbocycles. The van der Waals surface area contributed by atoms with E-state index < -0.39 is 0 Å². The van der Waals surface area contributed by atoms with Crippen LogP contribution < -0.4 is 0 Å². The summed E-state index contributed by atoms with van der Waals surface area (Å²) in [5.41, 5.74) is 1.33. The molecule has 0 saturated heterocycles. The van der Waals surface area contributed by atoms with Gasteiger partial charge in [-0.3, -0.25) is 4.57 Å². The minimum Gasteiger partial charge on any atom is -0.457 e. The number of rotatable bonds is 3. The average Bonchev–Trinajstić information content (AvgIpc) is 3.22. The quantitative estimate of drug-likeness (QED) is 0.550. The Bertz CT molecular complexity index is 876. The van der Waals surface area contributed by atoms with Crippen LogP contribution in [0.3, 0.4) is 0 Å². The van der Waals surface area contributed by atoms with Gasteiger partial charge in [0.2, 0.25) is 5.95 Å². The third-order valence-electron chi connectivity index (χ3n) is 3.91. The molecule has 114 valence electrons. The summed E-state index contributed by atoms with van der Waals surface area (Å²) >= 11 is 0. The molecule has 0 aliphatic heterocycles. The highest BCUT2D eigenvalue weighted by Gasteiger charge is 2.23. The summed E-state index contributed by atoms with van der Waals surface area (Å²) in [5.74, 6) is 0.118. The van der Waals surface area contributed by atoms with Crippen LogP contribution >= 0.6 is 0 Å². The van der Waals surface area contributed by atoms with Gasteiger partial charge in [-0.1, -0.05) is 30.4 Å². The van der Waals surface area contributed by atoms with E-state index in [-0.39, 0.29) is 12.1 Å². The van der Waals surface area contributed by atoms with Gasteiger partial charge in [0.25, 0.3) is 0 Å². The fraction of sp³-hybridized carbons (Fsp3) is 0.167. The van der Waals surface area contributed by atoms with Gasteiger partial charge in [0, 0.05) is 30.6 Å². The zero-order valence-electron chi connectivity index (χ0n) is 12.4. The molecular weight excluding hydrogens is 290 g/mol. The predicted molar refractivity (Wildman–Crippen MR) is 86.4 cm³/mol. The van der Waals surface area contributed by atoms with Crippen LogP contribution in [0.2, 0.25) is 0 Å². The van der Waals surface area contributed by atoms with Crippen LogP contribution in [0.25, 0.3) is 16.9 Å². The molecule has 1 aromatic carbocycles. The lowest BCUT2D eigenvalue weighted by atomic mass is 10.2. The van der Waals surface area contributed by atoms with Crippen LogP contribution in [0, 0.1) is 0 Å². The van der Waals surface area contributed by atoms with Crippen molar-refractivity contribution in [2.24, 2.45) is 0 Å². The molecule has 3 aromatic rings. The molecule has 0 fully saturated rings. The summed E-state index contributed by atoms with van der Waals surface area (Å²) in [6.07, 6.45) is 8.86. The lowest BCUT2D eigenvalue weighted by Crippen LogP contribution is -2.18. The molecule has 5 nitrogen and oxygen atoms in total. The molecule has 4 rings (SSSR count). The van der Waals surface area contributed by atoms with Crippen LogP contribution in [0.5, 0.6) is 0 Å². The van der Waals surface area contributed by atoms with Crippen molar-refractivity contribution in [1.29, 1.82) is 0 Å². The monoisotopic (exact) mass is 305 g/mol. The smallest absolute Gasteiger partial charge is 0.355 e. The second-order valence-corrected chi connectivity index (χ2v) is 5.44. The van der Waals surface area contributed by atoms with Crippen molar-refractivity contribution in [2.75, 3.05) is 0 Å². The van der Waals surface area contributed by atoms with Crippen LogP contribution in [0.15, 0.2) is 60.9 Å². The van der Waals surface area contributed by atoms with E-state index >= 15 is 0 Å². The predicted octanol–water partition coefficient (Wildman–Crippen LogP) is 3.30. The van der Waals surface area contributed by atoms with E-state index in [9.17, 15) is 4.79 Å². The highest BCUT2D eigenvalue weighted by Crippen LogP contribution is 2.24. The van der Waals surface area contributed by atoms with E-state index in [1.807, 2.05) is 42.5 Å². The number of para-hydroxylation sites is 1. The summed E-state index contributed by atoms with van der Waals surface area (Å²) in [4.78, 5) is 21.2. The van der Waals surface area contributed by atoms with Crippen LogP contribution in [0.4, 0.5) is 0 Å². The number of aromatic nitrogens is 3. The summed E-state index contributed by atoms with van der Waals surface area (Å²) in [6.45, 7) is 0. The van der Waals surface area contributed by atoms with E-state index in [0.29, 0.717) is 11.6 Å². The summed E-state index contributed by atoms with van der Waals surface area (Å²) in [6, 6.07) is 11.3. The number of esters is 1. The number of carbonyl (C=O) groups excluding carboxylic acids is 1. The average molecular weight is 305 g/mol. The molecule has 0 amide bonds. The Hall–Kier alpha value is -2.95. The van der Waals surface area contributed by atoms with E-state index in [1.54, 1.807) is 23.0 Å². The van der Waals surface area contributed by atoms with Gasteiger partial charge in [-0.25, -0.2) is 14.8 Å². The minimum absolute atomic E-state index is 0.0781. The Kier molecular flexibility index (Phi) is 3.38. The first-order valence-corrected chi connectivity index (χ1v) is 7.57. The number of carbonyl (C=O) groups is 1. The summed E-state index contributed by atoms with van der Waals surface area (Å²) < 4.78 is 7.36. The minimum atomic E-state index is -0.345. The summed E-state index contributed by atoms with van der Waals surface area (Å²) in [7, 11) is 0. The van der Waals surface area contributed by atoms with E-state index in [4.69, 9.17) is 4.74 Å². The lowest BCUT2D eigenvalue weighted by molar-refractivity contribution is 0.0321. The Morgan fingerprint density at radius 3 is 2.61 bits per heavy atom. The number of benzene rings is 1. The van der Waals surface area contributed by atoms with Crippen LogP contribution in [0.1, 0.15) is 23.3 Å². The molecule has 1 aliphatic rings. The standard InChI is InChI=1S/C18H15N3O2/c22-17(23-14-7-2-3-8-14)16-12-13-6-1-4-9-15(13)21(16)18-19-10-5-11-20-18/h1-6,9-12,14H,7-8H2. The maximum atomic E-state index is 12.6. The van der Waals surface area contributed by atoms with E-state index in [2.05, 4.69) is 9.97 Å². The Morgan fingerprint density at radius 1 is 1.09 bits per heavy atom. The second kappa shape index (κ2) is 5.68. The highest BCUT2D eigenvalue weighted by atomic mass is 16.5. The molecule has 0 saturated carbocycles. The third-order valence-corrected chi connectivity index (χ3v) is 3.91. The Balaban J connectivity index is 1.80. The van der Waals surface area contributed by atoms with Crippen molar-refractivity contribution in [1.82, 2.24) is 14.5 Å². The van der Waals surface area contributed by atoms with Gasteiger partial charge in [-0.05, 0) is 18.2 Å². The molecule has 23 heavy (non-hydrogen) atoms. The number of ether oxygens (including phenoxy) is 1. The number of hydrogen-bond acceptors (Lipinski definition) is 4. The number of nitrogens with zero attached hydrogens (tertiary/aromatic N) is 3. The molecule has 0 N–H and O–H groups in total. The highest BCUT2D eigenvalue weighted by molar-refractivity contribution is 5.96. The van der Waals surface area contributed by atoms with Gasteiger partial charge < -0.3 is 4.74 Å². The Morgan fingerprint density at radius 2 is 1.83 bits per heavy atom. The first-order valence-electron chi connectivity index (χ1n) is 7.57. The molecule has 0 spiro atoms. The normalized spacial score (nSPS) is 14.4. The van der Waals surface area contributed by atoms with Crippen molar-refractivity contribution in [3.63, 3.8) is 0 Å². The van der Waals surface area contributed by atoms with Gasteiger partial charge >= 0.3 is 5.97 Å². The van der Waals surface area contributed by atoms with Gasteiger partial charge in [-0.15, -0.1) is 0 Å². The van der Waals surface area contributed by atoms with Crippen molar-refractivity contribution >= 4 is 16.9 Å². The van der Waals surface area contributed by atoms with Crippen LogP contribution in [-0.2, 0) is 4.74 Å². The molecular formula is C18H15N3O2. The third kappa shape index (κ3) is 2.50. The van der Waals surface area contributed by atoms with Crippen molar-refractivity contribution < 1.29 is 9.53 Å². The van der Waals surface area contributed by atoms with E-state index in [1.165, 1.54) is 0 Å². The van der Waals surface area contributed by atoms with Gasteiger partial charge in [0.05, 0.1) is 5.52 Å². The first kappa shape index (κ1) is 13.7. The van der Waals surface area contributed by atoms with E-state index in [0.717, 1.165) is 23.7 Å². The molecule has 0 unspecified atom stereocenters. The fourth-order valence-corrected chi connectivity index (χ4v) is 2.83. The van der Waals surface area contributed by atoms with Gasteiger partial charge in [0.15, 0.2) is 0 Å². The fourth-order valence-electron chi connectivity index (χ4n) is 2.83. The number of fused-ring (bicyclic) bond motifs is 1. The van der Waals surface area contributed by atoms with Crippen molar-refractivity contribution in [3.8, 4) is 5.95 Å². The molecule has 5 heteroatoms. The maximum absolute atomic E-state index is 12.6. The topological polar surface area (TPSA) is 57.0 Å². The lowest BCUT2D eigenvalue weighted by Gasteiger charge is -2.13. The molecule has 2 heterocycles.